The fraction of sp³-hybridized carbons (Fsp3) is 0.273. The summed E-state index contributed by atoms with van der Waals surface area (Å²) < 4.78 is 1.34. The van der Waals surface area contributed by atoms with Crippen LogP contribution in [0.3, 0.4) is 0 Å². The van der Waals surface area contributed by atoms with Crippen LogP contribution in [0.5, 0.6) is 0 Å². The highest BCUT2D eigenvalue weighted by Crippen LogP contribution is 2.29. The Hall–Kier alpha value is -0.670. The third-order valence-corrected chi connectivity index (χ3v) is 4.26. The first kappa shape index (κ1) is 9.87. The van der Waals surface area contributed by atoms with Gasteiger partial charge in [0.1, 0.15) is 0 Å². The number of nitrogens with two attached hydrogens (primary N) is 1. The van der Waals surface area contributed by atoms with Crippen LogP contribution in [0.15, 0.2) is 24.3 Å². The van der Waals surface area contributed by atoms with E-state index >= 15 is 0 Å². The van der Waals surface area contributed by atoms with Gasteiger partial charge >= 0.3 is 0 Å². The summed E-state index contributed by atoms with van der Waals surface area (Å²) >= 11 is 3.83. The molecule has 2 N–H and O–H groups in total. The van der Waals surface area contributed by atoms with Crippen molar-refractivity contribution in [3.63, 3.8) is 0 Å². The van der Waals surface area contributed by atoms with Crippen LogP contribution in [0.25, 0.3) is 10.1 Å². The molecular weight excluding hydrogens is 210 g/mol. The summed E-state index contributed by atoms with van der Waals surface area (Å²) in [5.74, 6) is 2.30. The summed E-state index contributed by atoms with van der Waals surface area (Å²) in [4.78, 5) is 1.44. The lowest BCUT2D eigenvalue weighted by molar-refractivity contribution is 1.47. The largest absolute Gasteiger partial charge is 0.399 e. The summed E-state index contributed by atoms with van der Waals surface area (Å²) in [5.41, 5.74) is 6.58. The normalized spacial score (nSPS) is 10.9. The minimum absolute atomic E-state index is 0.852. The molecule has 3 heteroatoms. The molecule has 0 amide bonds. The summed E-state index contributed by atoms with van der Waals surface area (Å²) in [5, 5.41) is 1.28. The maximum absolute atomic E-state index is 5.73. The van der Waals surface area contributed by atoms with Crippen LogP contribution in [0.2, 0.25) is 0 Å². The van der Waals surface area contributed by atoms with Gasteiger partial charge in [0, 0.05) is 21.0 Å². The third-order valence-electron chi connectivity index (χ3n) is 2.04. The number of thiophene rings is 1. The molecule has 2 rings (SSSR count). The Morgan fingerprint density at radius 1 is 1.36 bits per heavy atom. The maximum atomic E-state index is 5.73. The van der Waals surface area contributed by atoms with Crippen LogP contribution in [-0.2, 0) is 5.75 Å². The van der Waals surface area contributed by atoms with E-state index in [4.69, 9.17) is 5.73 Å². The molecule has 0 spiro atoms. The zero-order chi connectivity index (χ0) is 9.97. The first-order chi connectivity index (χ1) is 6.79. The Morgan fingerprint density at radius 2 is 2.21 bits per heavy atom. The van der Waals surface area contributed by atoms with Crippen molar-refractivity contribution >= 4 is 38.9 Å². The van der Waals surface area contributed by atoms with Crippen LogP contribution in [0, 0.1) is 0 Å². The fourth-order valence-electron chi connectivity index (χ4n) is 1.39. The average molecular weight is 223 g/mol. The van der Waals surface area contributed by atoms with Gasteiger partial charge in [0.15, 0.2) is 0 Å². The third kappa shape index (κ3) is 2.04. The van der Waals surface area contributed by atoms with Crippen molar-refractivity contribution in [2.24, 2.45) is 0 Å². The molecule has 1 aromatic carbocycles. The Kier molecular flexibility index (Phi) is 2.99. The monoisotopic (exact) mass is 223 g/mol. The van der Waals surface area contributed by atoms with Crippen molar-refractivity contribution in [1.82, 2.24) is 0 Å². The highest BCUT2D eigenvalue weighted by Gasteiger charge is 2.01. The molecule has 1 aromatic heterocycles. The standard InChI is InChI=1S/C11H13NS2/c1-2-13-7-10-6-8-5-9(12)3-4-11(8)14-10/h3-6H,2,7,12H2,1H3. The SMILES string of the molecule is CCSCc1cc2cc(N)ccc2s1. The molecule has 0 saturated carbocycles. The van der Waals surface area contributed by atoms with Crippen molar-refractivity contribution in [3.05, 3.63) is 29.1 Å². The second-order valence-electron chi connectivity index (χ2n) is 3.15. The first-order valence-corrected chi connectivity index (χ1v) is 6.62. The van der Waals surface area contributed by atoms with Gasteiger partial charge in [-0.1, -0.05) is 6.92 Å². The van der Waals surface area contributed by atoms with E-state index in [0.717, 1.165) is 11.4 Å². The average Bonchev–Trinajstić information content (AvgIpc) is 2.56. The van der Waals surface area contributed by atoms with E-state index in [2.05, 4.69) is 19.1 Å². The van der Waals surface area contributed by atoms with E-state index in [-0.39, 0.29) is 0 Å². The minimum Gasteiger partial charge on any atom is -0.399 e. The maximum Gasteiger partial charge on any atom is 0.0347 e. The second kappa shape index (κ2) is 4.24. The van der Waals surface area contributed by atoms with Crippen molar-refractivity contribution in [1.29, 1.82) is 0 Å². The number of thioether (sulfide) groups is 1. The van der Waals surface area contributed by atoms with Gasteiger partial charge in [0.05, 0.1) is 0 Å². The fourth-order valence-corrected chi connectivity index (χ4v) is 3.21. The molecule has 14 heavy (non-hydrogen) atoms. The topological polar surface area (TPSA) is 26.0 Å². The van der Waals surface area contributed by atoms with Crippen molar-refractivity contribution in [3.8, 4) is 0 Å². The molecule has 0 atom stereocenters. The van der Waals surface area contributed by atoms with Gasteiger partial charge in [-0.25, -0.2) is 0 Å². The predicted molar refractivity (Wildman–Crippen MR) is 68.1 cm³/mol. The lowest BCUT2D eigenvalue weighted by Gasteiger charge is -1.91. The van der Waals surface area contributed by atoms with Crippen molar-refractivity contribution < 1.29 is 0 Å². The molecule has 0 saturated heterocycles. The highest BCUT2D eigenvalue weighted by atomic mass is 32.2. The Labute approximate surface area is 92.3 Å². The van der Waals surface area contributed by atoms with Crippen LogP contribution in [0.1, 0.15) is 11.8 Å². The van der Waals surface area contributed by atoms with Crippen LogP contribution < -0.4 is 5.73 Å². The molecule has 0 aliphatic heterocycles. The molecule has 2 aromatic rings. The summed E-state index contributed by atoms with van der Waals surface area (Å²) in [6.07, 6.45) is 0. The number of hydrogen-bond donors (Lipinski definition) is 1. The summed E-state index contributed by atoms with van der Waals surface area (Å²) in [6.45, 7) is 2.19. The molecule has 1 heterocycles. The molecule has 0 aliphatic rings. The van der Waals surface area contributed by atoms with Crippen molar-refractivity contribution in [2.75, 3.05) is 11.5 Å². The highest BCUT2D eigenvalue weighted by molar-refractivity contribution is 7.98. The predicted octanol–water partition coefficient (Wildman–Crippen LogP) is 3.74. The second-order valence-corrected chi connectivity index (χ2v) is 5.59. The molecule has 0 unspecified atom stereocenters. The van der Waals surface area contributed by atoms with E-state index in [0.29, 0.717) is 0 Å². The molecular formula is C11H13NS2. The van der Waals surface area contributed by atoms with Gasteiger partial charge in [0.2, 0.25) is 0 Å². The molecule has 1 nitrogen and oxygen atoms in total. The van der Waals surface area contributed by atoms with Crippen molar-refractivity contribution in [2.45, 2.75) is 12.7 Å². The Morgan fingerprint density at radius 3 is 3.00 bits per heavy atom. The van der Waals surface area contributed by atoms with Gasteiger partial charge in [-0.15, -0.1) is 11.3 Å². The smallest absolute Gasteiger partial charge is 0.0347 e. The van der Waals surface area contributed by atoms with E-state index in [1.165, 1.54) is 20.7 Å². The van der Waals surface area contributed by atoms with Gasteiger partial charge < -0.3 is 5.73 Å². The summed E-state index contributed by atoms with van der Waals surface area (Å²) in [6, 6.07) is 8.37. The van der Waals surface area contributed by atoms with Crippen LogP contribution in [-0.4, -0.2) is 5.75 Å². The number of rotatable bonds is 3. The number of hydrogen-bond acceptors (Lipinski definition) is 3. The number of fused-ring (bicyclic) bond motifs is 1. The van der Waals surface area contributed by atoms with E-state index in [9.17, 15) is 0 Å². The Balaban J connectivity index is 2.32. The van der Waals surface area contributed by atoms with Gasteiger partial charge in [-0.3, -0.25) is 0 Å². The molecule has 0 bridgehead atoms. The number of nitrogen functional groups attached to an aromatic ring is 1. The van der Waals surface area contributed by atoms with E-state index < -0.39 is 0 Å². The molecule has 74 valence electrons. The lowest BCUT2D eigenvalue weighted by Crippen LogP contribution is -1.80. The number of anilines is 1. The minimum atomic E-state index is 0.852. The quantitative estimate of drug-likeness (QED) is 0.802. The van der Waals surface area contributed by atoms with Gasteiger partial charge in [-0.05, 0) is 35.4 Å². The van der Waals surface area contributed by atoms with E-state index in [1.807, 2.05) is 35.2 Å². The lowest BCUT2D eigenvalue weighted by atomic mass is 10.2. The van der Waals surface area contributed by atoms with Crippen LogP contribution >= 0.6 is 23.1 Å². The molecule has 0 aliphatic carbocycles. The zero-order valence-corrected chi connectivity index (χ0v) is 9.75. The Bertz CT molecular complexity index is 434. The van der Waals surface area contributed by atoms with Crippen LogP contribution in [0.4, 0.5) is 5.69 Å². The molecule has 0 fully saturated rings. The van der Waals surface area contributed by atoms with Gasteiger partial charge in [-0.2, -0.15) is 11.8 Å². The zero-order valence-electron chi connectivity index (χ0n) is 8.12. The number of benzene rings is 1. The summed E-state index contributed by atoms with van der Waals surface area (Å²) in [7, 11) is 0. The van der Waals surface area contributed by atoms with E-state index in [1.54, 1.807) is 0 Å². The van der Waals surface area contributed by atoms with Gasteiger partial charge in [0.25, 0.3) is 0 Å². The molecule has 0 radical (unpaired) electrons. The first-order valence-electron chi connectivity index (χ1n) is 4.65.